The van der Waals surface area contributed by atoms with E-state index < -0.39 is 16.1 Å². The molecule has 1 aliphatic rings. The number of anilines is 1. The number of hydrogen-bond acceptors (Lipinski definition) is 4. The average molecular weight is 562 g/mol. The van der Waals surface area contributed by atoms with Crippen molar-refractivity contribution in [1.82, 2.24) is 10.2 Å². The summed E-state index contributed by atoms with van der Waals surface area (Å²) in [5.74, 6) is -0.308. The summed E-state index contributed by atoms with van der Waals surface area (Å²) in [5, 5.41) is 3.75. The second-order valence-electron chi connectivity index (χ2n) is 10.3. The van der Waals surface area contributed by atoms with Gasteiger partial charge in [0.25, 0.3) is 0 Å². The Morgan fingerprint density at radius 2 is 1.74 bits per heavy atom. The molecule has 0 unspecified atom stereocenters. The topological polar surface area (TPSA) is 86.8 Å². The van der Waals surface area contributed by atoms with Crippen LogP contribution in [0.25, 0.3) is 0 Å². The van der Waals surface area contributed by atoms with E-state index in [-0.39, 0.29) is 37.4 Å². The van der Waals surface area contributed by atoms with Gasteiger partial charge in [0, 0.05) is 30.6 Å². The highest BCUT2D eigenvalue weighted by atomic mass is 35.5. The van der Waals surface area contributed by atoms with Crippen molar-refractivity contribution < 1.29 is 18.0 Å². The number of nitrogens with zero attached hydrogens (tertiary/aromatic N) is 2. The van der Waals surface area contributed by atoms with Crippen molar-refractivity contribution in [3.8, 4) is 0 Å². The van der Waals surface area contributed by atoms with Crippen LogP contribution in [0.4, 0.5) is 5.69 Å². The molecule has 1 atom stereocenters. The molecule has 2 aromatic carbocycles. The first-order valence-electron chi connectivity index (χ1n) is 13.4. The van der Waals surface area contributed by atoms with Crippen molar-refractivity contribution in [2.45, 2.75) is 84.3 Å². The molecule has 1 fully saturated rings. The molecule has 0 heterocycles. The summed E-state index contributed by atoms with van der Waals surface area (Å²) in [6.07, 6.45) is 6.26. The fourth-order valence-corrected chi connectivity index (χ4v) is 6.18. The molecule has 0 spiro atoms. The molecule has 0 radical (unpaired) electrons. The minimum Gasteiger partial charge on any atom is -0.352 e. The van der Waals surface area contributed by atoms with Gasteiger partial charge in [-0.2, -0.15) is 0 Å². The van der Waals surface area contributed by atoms with Crippen LogP contribution in [-0.2, 0) is 26.2 Å². The zero-order valence-corrected chi connectivity index (χ0v) is 24.4. The van der Waals surface area contributed by atoms with Gasteiger partial charge in [-0.3, -0.25) is 13.9 Å². The van der Waals surface area contributed by atoms with Crippen LogP contribution in [0.1, 0.15) is 68.6 Å². The number of nitrogens with one attached hydrogen (secondary N) is 1. The van der Waals surface area contributed by atoms with E-state index in [0.29, 0.717) is 23.6 Å². The Labute approximate surface area is 232 Å². The largest absolute Gasteiger partial charge is 0.352 e. The van der Waals surface area contributed by atoms with Gasteiger partial charge < -0.3 is 10.2 Å². The van der Waals surface area contributed by atoms with Crippen LogP contribution in [0, 0.1) is 13.8 Å². The monoisotopic (exact) mass is 561 g/mol. The quantitative estimate of drug-likeness (QED) is 0.377. The van der Waals surface area contributed by atoms with Crippen LogP contribution in [0.5, 0.6) is 0 Å². The number of benzene rings is 2. The Morgan fingerprint density at radius 1 is 1.08 bits per heavy atom. The number of carbonyl (C=O) groups excluding carboxylic acids is 2. The molecule has 9 heteroatoms. The first-order valence-corrected chi connectivity index (χ1v) is 15.6. The number of hydrogen-bond donors (Lipinski definition) is 1. The summed E-state index contributed by atoms with van der Waals surface area (Å²) in [5.41, 5.74) is 3.32. The molecule has 3 rings (SSSR count). The first-order chi connectivity index (χ1) is 18.0. The lowest BCUT2D eigenvalue weighted by Gasteiger charge is -2.32. The predicted molar refractivity (Wildman–Crippen MR) is 154 cm³/mol. The second-order valence-corrected chi connectivity index (χ2v) is 12.6. The van der Waals surface area contributed by atoms with Gasteiger partial charge in [-0.05, 0) is 74.4 Å². The van der Waals surface area contributed by atoms with Crippen LogP contribution in [0.15, 0.2) is 42.5 Å². The number of carbonyl (C=O) groups is 2. The van der Waals surface area contributed by atoms with Gasteiger partial charge in [0.2, 0.25) is 21.8 Å². The molecule has 7 nitrogen and oxygen atoms in total. The minimum atomic E-state index is -3.54. The van der Waals surface area contributed by atoms with Gasteiger partial charge in [0.1, 0.15) is 6.04 Å². The molecule has 1 aliphatic carbocycles. The van der Waals surface area contributed by atoms with Gasteiger partial charge in [0.15, 0.2) is 0 Å². The molecule has 38 heavy (non-hydrogen) atoms. The Kier molecular flexibility index (Phi) is 10.6. The molecule has 0 aromatic heterocycles. The van der Waals surface area contributed by atoms with Crippen molar-refractivity contribution >= 4 is 39.1 Å². The predicted octanol–water partition coefficient (Wildman–Crippen LogP) is 5.37. The highest BCUT2D eigenvalue weighted by molar-refractivity contribution is 7.92. The molecule has 208 valence electrons. The second kappa shape index (κ2) is 13.5. The van der Waals surface area contributed by atoms with Crippen LogP contribution >= 0.6 is 11.6 Å². The lowest BCUT2D eigenvalue weighted by atomic mass is 10.1. The minimum absolute atomic E-state index is 0.123. The standard InChI is InChI=1S/C29H40ClN3O4S/c1-5-26(29(35)31-25-9-6-7-10-25)32(20-23-14-16-24(30)17-15-23)28(34)11-8-18-33(38(4,36)37)27-19-21(2)12-13-22(27)3/h12-17,19,25-26H,5-11,18,20H2,1-4H3,(H,31,35)/t26-/m1/s1. The molecule has 2 amide bonds. The summed E-state index contributed by atoms with van der Waals surface area (Å²) in [6.45, 7) is 6.16. The maximum absolute atomic E-state index is 13.6. The van der Waals surface area contributed by atoms with E-state index in [2.05, 4.69) is 5.32 Å². The summed E-state index contributed by atoms with van der Waals surface area (Å²) in [4.78, 5) is 28.5. The Balaban J connectivity index is 1.77. The summed E-state index contributed by atoms with van der Waals surface area (Å²) < 4.78 is 26.7. The lowest BCUT2D eigenvalue weighted by Crippen LogP contribution is -2.51. The lowest BCUT2D eigenvalue weighted by molar-refractivity contribution is -0.141. The van der Waals surface area contributed by atoms with E-state index in [0.717, 1.165) is 42.4 Å². The van der Waals surface area contributed by atoms with E-state index in [9.17, 15) is 18.0 Å². The van der Waals surface area contributed by atoms with Gasteiger partial charge >= 0.3 is 0 Å². The Bertz CT molecular complexity index is 1210. The molecule has 0 bridgehead atoms. The summed E-state index contributed by atoms with van der Waals surface area (Å²) >= 11 is 6.05. The van der Waals surface area contributed by atoms with E-state index in [1.165, 1.54) is 10.6 Å². The fraction of sp³-hybridized carbons (Fsp3) is 0.517. The third-order valence-corrected chi connectivity index (χ3v) is 8.57. The molecule has 1 N–H and O–H groups in total. The number of halogens is 1. The highest BCUT2D eigenvalue weighted by Crippen LogP contribution is 2.25. The Hall–Kier alpha value is -2.58. The number of aryl methyl sites for hydroxylation is 2. The molecular formula is C29H40ClN3O4S. The van der Waals surface area contributed by atoms with Crippen LogP contribution in [-0.4, -0.2) is 50.0 Å². The Morgan fingerprint density at radius 3 is 2.34 bits per heavy atom. The van der Waals surface area contributed by atoms with Gasteiger partial charge in [-0.25, -0.2) is 8.42 Å². The van der Waals surface area contributed by atoms with Crippen molar-refractivity contribution in [2.24, 2.45) is 0 Å². The molecule has 0 saturated heterocycles. The van der Waals surface area contributed by atoms with E-state index in [1.54, 1.807) is 17.0 Å². The smallest absolute Gasteiger partial charge is 0.243 e. The van der Waals surface area contributed by atoms with E-state index >= 15 is 0 Å². The summed E-state index contributed by atoms with van der Waals surface area (Å²) in [6, 6.07) is 12.5. The molecule has 2 aromatic rings. The third kappa shape index (κ3) is 8.21. The van der Waals surface area contributed by atoms with E-state index in [4.69, 9.17) is 11.6 Å². The first kappa shape index (κ1) is 30.0. The highest BCUT2D eigenvalue weighted by Gasteiger charge is 2.30. The van der Waals surface area contributed by atoms with Crippen LogP contribution < -0.4 is 9.62 Å². The summed E-state index contributed by atoms with van der Waals surface area (Å²) in [7, 11) is -3.54. The zero-order valence-electron chi connectivity index (χ0n) is 22.9. The van der Waals surface area contributed by atoms with Crippen molar-refractivity contribution in [2.75, 3.05) is 17.1 Å². The molecule has 0 aliphatic heterocycles. The maximum Gasteiger partial charge on any atom is 0.243 e. The fourth-order valence-electron chi connectivity index (χ4n) is 5.04. The van der Waals surface area contributed by atoms with E-state index in [1.807, 2.05) is 51.1 Å². The van der Waals surface area contributed by atoms with Crippen molar-refractivity contribution in [1.29, 1.82) is 0 Å². The number of rotatable bonds is 12. The van der Waals surface area contributed by atoms with Gasteiger partial charge in [0.05, 0.1) is 11.9 Å². The van der Waals surface area contributed by atoms with Crippen LogP contribution in [0.2, 0.25) is 5.02 Å². The zero-order chi connectivity index (χ0) is 27.9. The van der Waals surface area contributed by atoms with Crippen molar-refractivity contribution in [3.05, 3.63) is 64.2 Å². The SMILES string of the molecule is CC[C@H](C(=O)NC1CCCC1)N(Cc1ccc(Cl)cc1)C(=O)CCCN(c1cc(C)ccc1C)S(C)(=O)=O. The van der Waals surface area contributed by atoms with Crippen LogP contribution in [0.3, 0.4) is 0 Å². The van der Waals surface area contributed by atoms with Crippen molar-refractivity contribution in [3.63, 3.8) is 0 Å². The number of amides is 2. The average Bonchev–Trinajstić information content (AvgIpc) is 3.36. The van der Waals surface area contributed by atoms with Gasteiger partial charge in [-0.1, -0.05) is 55.6 Å². The normalized spacial score (nSPS) is 14.8. The molecular weight excluding hydrogens is 522 g/mol. The maximum atomic E-state index is 13.6. The third-order valence-electron chi connectivity index (χ3n) is 7.14. The number of sulfonamides is 1. The van der Waals surface area contributed by atoms with Gasteiger partial charge in [-0.15, -0.1) is 0 Å². The molecule has 1 saturated carbocycles.